The topological polar surface area (TPSA) is 136 Å². The van der Waals surface area contributed by atoms with Crippen molar-refractivity contribution in [2.45, 2.75) is 62.2 Å². The monoisotopic (exact) mass is 1000 g/mol. The number of halogens is 6. The summed E-state index contributed by atoms with van der Waals surface area (Å²) >= 11 is 0. The minimum atomic E-state index is -4.40. The van der Waals surface area contributed by atoms with E-state index in [-0.39, 0.29) is 59.3 Å². The largest absolute Gasteiger partial charge is 0.416 e. The van der Waals surface area contributed by atoms with Gasteiger partial charge in [0, 0.05) is 71.5 Å². The van der Waals surface area contributed by atoms with Crippen molar-refractivity contribution in [1.82, 2.24) is 19.8 Å². The molecule has 2 amide bonds. The van der Waals surface area contributed by atoms with Gasteiger partial charge in [0.2, 0.25) is 0 Å². The molecule has 0 aliphatic carbocycles. The molecule has 364 valence electrons. The zero-order valence-corrected chi connectivity index (χ0v) is 39.3. The second kappa shape index (κ2) is 20.8. The molecule has 8 aromatic rings. The molecule has 2 N–H and O–H groups in total. The Bertz CT molecular complexity index is 3180. The minimum Gasteiger partial charge on any atom is -0.348 e. The highest BCUT2D eigenvalue weighted by molar-refractivity contribution is 7.91. The fourth-order valence-corrected chi connectivity index (χ4v) is 9.34. The number of nitrogens with zero attached hydrogens (tertiary/aromatic N) is 2. The maximum absolute atomic E-state index is 13.0. The van der Waals surface area contributed by atoms with Crippen molar-refractivity contribution in [3.05, 3.63) is 202 Å². The smallest absolute Gasteiger partial charge is 0.348 e. The molecular formula is C52H46F6N4O6S2. The highest BCUT2D eigenvalue weighted by Crippen LogP contribution is 2.31. The van der Waals surface area contributed by atoms with Crippen LogP contribution in [-0.4, -0.2) is 49.3 Å². The number of sulfone groups is 2. The van der Waals surface area contributed by atoms with Crippen LogP contribution in [0.4, 0.5) is 26.3 Å². The summed E-state index contributed by atoms with van der Waals surface area (Å²) in [4.78, 5) is 25.8. The first-order valence-corrected chi connectivity index (χ1v) is 25.1. The predicted molar refractivity (Wildman–Crippen MR) is 256 cm³/mol. The first-order valence-electron chi connectivity index (χ1n) is 21.8. The van der Waals surface area contributed by atoms with E-state index in [4.69, 9.17) is 0 Å². The molecule has 0 aliphatic rings. The Morgan fingerprint density at radius 2 is 0.843 bits per heavy atom. The summed E-state index contributed by atoms with van der Waals surface area (Å²) in [6, 6.07) is 37.2. The molecule has 8 rings (SSSR count). The molecule has 10 nitrogen and oxygen atoms in total. The minimum absolute atomic E-state index is 0.0211. The van der Waals surface area contributed by atoms with E-state index < -0.39 is 43.2 Å². The van der Waals surface area contributed by atoms with Gasteiger partial charge in [-0.3, -0.25) is 9.59 Å². The van der Waals surface area contributed by atoms with E-state index >= 15 is 0 Å². The van der Waals surface area contributed by atoms with Gasteiger partial charge in [-0.2, -0.15) is 26.3 Å². The van der Waals surface area contributed by atoms with E-state index in [2.05, 4.69) is 10.6 Å². The number of fused-ring (bicyclic) bond motifs is 2. The molecule has 6 aromatic carbocycles. The average Bonchev–Trinajstić information content (AvgIpc) is 3.95. The number of aromatic nitrogens is 2. The molecule has 0 bridgehead atoms. The molecule has 0 aliphatic heterocycles. The molecule has 0 saturated carbocycles. The number of benzene rings is 6. The molecule has 18 heteroatoms. The normalized spacial score (nSPS) is 12.1. The van der Waals surface area contributed by atoms with Crippen molar-refractivity contribution in [3.63, 3.8) is 0 Å². The standard InChI is InChI=1S/2C26H23F3N2O3S/c2*1-2-35(33,34)23-9-6-18(7-10-23)16-30-25(32)21-8-11-24-20(15-21)12-13-31(24)17-19-4-3-5-22(14-19)26(27,28)29/h2*3-15H,2,16-17H2,1H3,(H,30,32). The van der Waals surface area contributed by atoms with Gasteiger partial charge < -0.3 is 19.8 Å². The Labute approximate surface area is 400 Å². The first-order chi connectivity index (χ1) is 33.1. The second-order valence-electron chi connectivity index (χ2n) is 16.3. The molecular weight excluding hydrogens is 955 g/mol. The van der Waals surface area contributed by atoms with Gasteiger partial charge in [0.1, 0.15) is 0 Å². The summed E-state index contributed by atoms with van der Waals surface area (Å²) in [5.41, 5.74) is 3.69. The zero-order chi connectivity index (χ0) is 50.4. The maximum atomic E-state index is 13.0. The van der Waals surface area contributed by atoms with Crippen LogP contribution >= 0.6 is 0 Å². The summed E-state index contributed by atoms with van der Waals surface area (Å²) in [7, 11) is -6.55. The van der Waals surface area contributed by atoms with Crippen molar-refractivity contribution < 1.29 is 52.8 Å². The number of hydrogen-bond acceptors (Lipinski definition) is 6. The Hall–Kier alpha value is -7.18. The second-order valence-corrected chi connectivity index (χ2v) is 20.8. The van der Waals surface area contributed by atoms with Crippen LogP contribution in [0.25, 0.3) is 21.8 Å². The van der Waals surface area contributed by atoms with Gasteiger partial charge in [0.05, 0.1) is 32.4 Å². The van der Waals surface area contributed by atoms with Crippen molar-refractivity contribution >= 4 is 53.3 Å². The van der Waals surface area contributed by atoms with Gasteiger partial charge in [-0.05, 0) is 119 Å². The van der Waals surface area contributed by atoms with E-state index in [1.54, 1.807) is 99.0 Å². The summed E-state index contributed by atoms with van der Waals surface area (Å²) in [5, 5.41) is 7.22. The number of nitrogens with one attached hydrogen (secondary N) is 2. The highest BCUT2D eigenvalue weighted by atomic mass is 32.2. The van der Waals surface area contributed by atoms with E-state index in [1.807, 2.05) is 21.3 Å². The number of hydrogen-bond donors (Lipinski definition) is 2. The number of amides is 2. The lowest BCUT2D eigenvalue weighted by Gasteiger charge is -2.11. The molecule has 0 atom stereocenters. The van der Waals surface area contributed by atoms with Crippen molar-refractivity contribution in [2.75, 3.05) is 11.5 Å². The van der Waals surface area contributed by atoms with Gasteiger partial charge >= 0.3 is 12.4 Å². The first kappa shape index (κ1) is 50.7. The van der Waals surface area contributed by atoms with Gasteiger partial charge in [-0.15, -0.1) is 0 Å². The van der Waals surface area contributed by atoms with Crippen molar-refractivity contribution in [1.29, 1.82) is 0 Å². The molecule has 0 spiro atoms. The van der Waals surface area contributed by atoms with Gasteiger partial charge in [0.25, 0.3) is 11.8 Å². The third-order valence-electron chi connectivity index (χ3n) is 11.5. The third kappa shape index (κ3) is 12.3. The zero-order valence-electron chi connectivity index (χ0n) is 37.7. The van der Waals surface area contributed by atoms with Crippen molar-refractivity contribution in [2.24, 2.45) is 0 Å². The Balaban J connectivity index is 0.000000206. The lowest BCUT2D eigenvalue weighted by molar-refractivity contribution is -0.138. The lowest BCUT2D eigenvalue weighted by Crippen LogP contribution is -2.22. The molecule has 70 heavy (non-hydrogen) atoms. The Kier molecular flexibility index (Phi) is 15.1. The number of carbonyl (C=O) groups excluding carboxylic acids is 2. The molecule has 2 heterocycles. The molecule has 2 aromatic heterocycles. The molecule has 0 saturated heterocycles. The Morgan fingerprint density at radius 1 is 0.471 bits per heavy atom. The van der Waals surface area contributed by atoms with Crippen LogP contribution < -0.4 is 10.6 Å². The van der Waals surface area contributed by atoms with E-state index in [9.17, 15) is 52.8 Å². The van der Waals surface area contributed by atoms with Gasteiger partial charge in [0.15, 0.2) is 19.7 Å². The maximum Gasteiger partial charge on any atom is 0.416 e. The molecule has 0 unspecified atom stereocenters. The van der Waals surface area contributed by atoms with Crippen LogP contribution in [0.5, 0.6) is 0 Å². The summed E-state index contributed by atoms with van der Waals surface area (Å²) in [5.74, 6) is -0.536. The number of rotatable bonds is 14. The third-order valence-corrected chi connectivity index (χ3v) is 15.0. The summed E-state index contributed by atoms with van der Waals surface area (Å²) in [6.45, 7) is 4.17. The van der Waals surface area contributed by atoms with Crippen molar-refractivity contribution in [3.8, 4) is 0 Å². The average molecular weight is 1000 g/mol. The van der Waals surface area contributed by atoms with Crippen LogP contribution in [0.1, 0.15) is 67.9 Å². The summed E-state index contributed by atoms with van der Waals surface area (Å²) in [6.07, 6.45) is -5.24. The SMILES string of the molecule is CCS(=O)(=O)c1ccc(CNC(=O)c2ccc3c(ccn3Cc3cccc(C(F)(F)F)c3)c2)cc1.CCS(=O)(=O)c1ccc(CNC(=O)c2ccc3c(ccn3Cc3cccc(C(F)(F)F)c3)c2)cc1. The lowest BCUT2D eigenvalue weighted by atomic mass is 10.1. The fraction of sp³-hybridized carbons (Fsp3) is 0.192. The highest BCUT2D eigenvalue weighted by Gasteiger charge is 2.31. The molecule has 0 radical (unpaired) electrons. The van der Waals surface area contributed by atoms with Crippen LogP contribution in [-0.2, 0) is 58.2 Å². The predicted octanol–water partition coefficient (Wildman–Crippen LogP) is 10.9. The Morgan fingerprint density at radius 3 is 1.19 bits per heavy atom. The van der Waals surface area contributed by atoms with E-state index in [1.165, 1.54) is 36.4 Å². The quantitative estimate of drug-likeness (QED) is 0.104. The van der Waals surface area contributed by atoms with Gasteiger partial charge in [-0.25, -0.2) is 16.8 Å². The van der Waals surface area contributed by atoms with Crippen LogP contribution in [0, 0.1) is 0 Å². The summed E-state index contributed by atoms with van der Waals surface area (Å²) < 4.78 is 129. The van der Waals surface area contributed by atoms with Crippen LogP contribution in [0.2, 0.25) is 0 Å². The number of carbonyl (C=O) groups is 2. The van der Waals surface area contributed by atoms with Crippen LogP contribution in [0.3, 0.4) is 0 Å². The van der Waals surface area contributed by atoms with Crippen LogP contribution in [0.15, 0.2) is 168 Å². The van der Waals surface area contributed by atoms with E-state index in [0.717, 1.165) is 57.2 Å². The van der Waals surface area contributed by atoms with Gasteiger partial charge in [-0.1, -0.05) is 62.4 Å². The molecule has 0 fully saturated rings. The van der Waals surface area contributed by atoms with E-state index in [0.29, 0.717) is 22.3 Å². The fourth-order valence-electron chi connectivity index (χ4n) is 7.58. The number of alkyl halides is 6.